The molecule has 0 aromatic carbocycles. The van der Waals surface area contributed by atoms with E-state index in [4.69, 9.17) is 5.73 Å². The molecule has 1 aliphatic rings. The van der Waals surface area contributed by atoms with E-state index in [-0.39, 0.29) is 5.91 Å². The predicted octanol–water partition coefficient (Wildman–Crippen LogP) is 1.19. The molecule has 3 N–H and O–H groups in total. The third-order valence-electron chi connectivity index (χ3n) is 2.81. The van der Waals surface area contributed by atoms with Gasteiger partial charge in [-0.2, -0.15) is 0 Å². The van der Waals surface area contributed by atoms with Gasteiger partial charge in [-0.05, 0) is 24.8 Å². The van der Waals surface area contributed by atoms with Crippen molar-refractivity contribution >= 4 is 11.6 Å². The van der Waals surface area contributed by atoms with Crippen LogP contribution in [0.25, 0.3) is 0 Å². The number of carbonyl (C=O) groups is 1. The fraction of sp³-hybridized carbons (Fsp3) is 0.455. The van der Waals surface area contributed by atoms with Crippen molar-refractivity contribution in [1.82, 2.24) is 10.3 Å². The normalized spacial score (nSPS) is 24.3. The lowest BCUT2D eigenvalue weighted by molar-refractivity contribution is 0.0897. The van der Waals surface area contributed by atoms with E-state index in [0.717, 1.165) is 18.8 Å². The van der Waals surface area contributed by atoms with E-state index >= 15 is 0 Å². The highest BCUT2D eigenvalue weighted by Crippen LogP contribution is 2.26. The first-order valence-corrected chi connectivity index (χ1v) is 5.17. The number of nitrogens with zero attached hydrogens (tertiary/aromatic N) is 1. The maximum atomic E-state index is 11.8. The lowest BCUT2D eigenvalue weighted by Crippen LogP contribution is -2.43. The molecule has 1 saturated carbocycles. The highest BCUT2D eigenvalue weighted by atomic mass is 16.1. The second-order valence-electron chi connectivity index (χ2n) is 4.21. The molecule has 0 aliphatic heterocycles. The topological polar surface area (TPSA) is 68.0 Å². The number of anilines is 1. The summed E-state index contributed by atoms with van der Waals surface area (Å²) in [6, 6.07) is 1.97. The first kappa shape index (κ1) is 9.96. The summed E-state index contributed by atoms with van der Waals surface area (Å²) in [6.07, 6.45) is 5.21. The van der Waals surface area contributed by atoms with Gasteiger partial charge in [-0.1, -0.05) is 6.92 Å². The van der Waals surface area contributed by atoms with Crippen molar-refractivity contribution in [3.05, 3.63) is 24.0 Å². The van der Waals surface area contributed by atoms with Gasteiger partial charge in [0.15, 0.2) is 0 Å². The van der Waals surface area contributed by atoms with Crippen molar-refractivity contribution in [3.63, 3.8) is 0 Å². The van der Waals surface area contributed by atoms with Crippen LogP contribution in [0.15, 0.2) is 18.5 Å². The van der Waals surface area contributed by atoms with Crippen molar-refractivity contribution in [2.75, 3.05) is 5.73 Å². The zero-order chi connectivity index (χ0) is 10.8. The van der Waals surface area contributed by atoms with Gasteiger partial charge in [0.05, 0.1) is 17.4 Å². The molecule has 1 heterocycles. The van der Waals surface area contributed by atoms with Gasteiger partial charge >= 0.3 is 0 Å². The van der Waals surface area contributed by atoms with Crippen LogP contribution in [0.5, 0.6) is 0 Å². The largest absolute Gasteiger partial charge is 0.397 e. The van der Waals surface area contributed by atoms with E-state index in [9.17, 15) is 4.79 Å². The van der Waals surface area contributed by atoms with Crippen LogP contribution in [-0.4, -0.2) is 16.9 Å². The fourth-order valence-electron chi connectivity index (χ4n) is 1.90. The third-order valence-corrected chi connectivity index (χ3v) is 2.81. The first-order valence-electron chi connectivity index (χ1n) is 5.17. The van der Waals surface area contributed by atoms with E-state index in [1.165, 1.54) is 6.20 Å². The Bertz CT molecular complexity index is 372. The molecule has 1 fully saturated rings. The second-order valence-corrected chi connectivity index (χ2v) is 4.21. The molecule has 1 aromatic rings. The molecule has 0 spiro atoms. The zero-order valence-corrected chi connectivity index (χ0v) is 8.73. The van der Waals surface area contributed by atoms with Crippen LogP contribution in [0.3, 0.4) is 0 Å². The van der Waals surface area contributed by atoms with Crippen LogP contribution >= 0.6 is 0 Å². The Hall–Kier alpha value is -1.58. The number of nitrogens with one attached hydrogen (secondary N) is 1. The van der Waals surface area contributed by atoms with Crippen LogP contribution in [0.4, 0.5) is 5.69 Å². The zero-order valence-electron chi connectivity index (χ0n) is 8.73. The Balaban J connectivity index is 1.99. The quantitative estimate of drug-likeness (QED) is 0.762. The summed E-state index contributed by atoms with van der Waals surface area (Å²) in [5.41, 5.74) is 6.61. The Labute approximate surface area is 88.9 Å². The molecule has 15 heavy (non-hydrogen) atoms. The number of aromatic nitrogens is 1. The Morgan fingerprint density at radius 3 is 2.93 bits per heavy atom. The molecule has 0 radical (unpaired) electrons. The standard InChI is InChI=1S/C11H15N3O/c1-7-4-8(5-7)14-11(15)9-2-3-13-6-10(9)12/h2-3,6-8H,4-5,12H2,1H3,(H,14,15). The third kappa shape index (κ3) is 2.09. The first-order chi connectivity index (χ1) is 7.16. The molecule has 0 atom stereocenters. The van der Waals surface area contributed by atoms with E-state index in [0.29, 0.717) is 17.3 Å². The van der Waals surface area contributed by atoms with Crippen LogP contribution in [0.1, 0.15) is 30.1 Å². The van der Waals surface area contributed by atoms with Crippen LogP contribution in [0.2, 0.25) is 0 Å². The predicted molar refractivity (Wildman–Crippen MR) is 58.3 cm³/mol. The number of rotatable bonds is 2. The van der Waals surface area contributed by atoms with E-state index < -0.39 is 0 Å². The van der Waals surface area contributed by atoms with E-state index in [1.54, 1.807) is 12.3 Å². The number of amides is 1. The van der Waals surface area contributed by atoms with Crippen LogP contribution < -0.4 is 11.1 Å². The summed E-state index contributed by atoms with van der Waals surface area (Å²) in [6.45, 7) is 2.18. The molecule has 0 saturated heterocycles. The monoisotopic (exact) mass is 205 g/mol. The van der Waals surface area contributed by atoms with Crippen molar-refractivity contribution in [2.45, 2.75) is 25.8 Å². The Morgan fingerprint density at radius 1 is 1.60 bits per heavy atom. The highest BCUT2D eigenvalue weighted by Gasteiger charge is 2.27. The summed E-state index contributed by atoms with van der Waals surface area (Å²) in [5, 5.41) is 2.96. The molecular weight excluding hydrogens is 190 g/mol. The lowest BCUT2D eigenvalue weighted by Gasteiger charge is -2.33. The SMILES string of the molecule is CC1CC(NC(=O)c2ccncc2N)C1. The Kier molecular flexibility index (Phi) is 2.58. The summed E-state index contributed by atoms with van der Waals surface area (Å²) in [5.74, 6) is 0.636. The minimum Gasteiger partial charge on any atom is -0.397 e. The van der Waals surface area contributed by atoms with Gasteiger partial charge in [-0.25, -0.2) is 0 Å². The minimum absolute atomic E-state index is 0.0909. The minimum atomic E-state index is -0.0909. The van der Waals surface area contributed by atoms with Crippen LogP contribution in [-0.2, 0) is 0 Å². The molecular formula is C11H15N3O. The molecule has 0 bridgehead atoms. The molecule has 4 heteroatoms. The van der Waals surface area contributed by atoms with Gasteiger partial charge in [0.1, 0.15) is 0 Å². The Morgan fingerprint density at radius 2 is 2.33 bits per heavy atom. The molecule has 1 aliphatic carbocycles. The van der Waals surface area contributed by atoms with Crippen molar-refractivity contribution in [2.24, 2.45) is 5.92 Å². The van der Waals surface area contributed by atoms with Gasteiger partial charge in [0.25, 0.3) is 5.91 Å². The second kappa shape index (κ2) is 3.88. The summed E-state index contributed by atoms with van der Waals surface area (Å²) in [7, 11) is 0. The number of hydrogen-bond acceptors (Lipinski definition) is 3. The number of nitrogen functional groups attached to an aromatic ring is 1. The lowest BCUT2D eigenvalue weighted by atomic mass is 9.82. The van der Waals surface area contributed by atoms with Gasteiger partial charge < -0.3 is 11.1 Å². The number of hydrogen-bond donors (Lipinski definition) is 2. The molecule has 2 rings (SSSR count). The number of pyridine rings is 1. The van der Waals surface area contributed by atoms with Gasteiger partial charge in [-0.3, -0.25) is 9.78 Å². The molecule has 80 valence electrons. The van der Waals surface area contributed by atoms with Crippen molar-refractivity contribution in [1.29, 1.82) is 0 Å². The maximum Gasteiger partial charge on any atom is 0.253 e. The summed E-state index contributed by atoms with van der Waals surface area (Å²) in [4.78, 5) is 15.6. The summed E-state index contributed by atoms with van der Waals surface area (Å²) < 4.78 is 0. The van der Waals surface area contributed by atoms with Crippen molar-refractivity contribution < 1.29 is 4.79 Å². The van der Waals surface area contributed by atoms with Gasteiger partial charge in [0, 0.05) is 12.2 Å². The van der Waals surface area contributed by atoms with Gasteiger partial charge in [0.2, 0.25) is 0 Å². The highest BCUT2D eigenvalue weighted by molar-refractivity contribution is 5.99. The summed E-state index contributed by atoms with van der Waals surface area (Å²) >= 11 is 0. The van der Waals surface area contributed by atoms with Gasteiger partial charge in [-0.15, -0.1) is 0 Å². The van der Waals surface area contributed by atoms with E-state index in [2.05, 4.69) is 17.2 Å². The smallest absolute Gasteiger partial charge is 0.253 e. The van der Waals surface area contributed by atoms with Crippen LogP contribution in [0, 0.1) is 5.92 Å². The average Bonchev–Trinajstić information content (AvgIpc) is 2.16. The number of nitrogens with two attached hydrogens (primary N) is 1. The van der Waals surface area contributed by atoms with E-state index in [1.807, 2.05) is 0 Å². The number of carbonyl (C=O) groups excluding carboxylic acids is 1. The average molecular weight is 205 g/mol. The molecule has 0 unspecified atom stereocenters. The maximum absolute atomic E-state index is 11.8. The van der Waals surface area contributed by atoms with Crippen molar-refractivity contribution in [3.8, 4) is 0 Å². The molecule has 1 aromatic heterocycles. The molecule has 1 amide bonds. The molecule has 4 nitrogen and oxygen atoms in total. The fourth-order valence-corrected chi connectivity index (χ4v) is 1.90.